The second-order valence-electron chi connectivity index (χ2n) is 4.84. The Morgan fingerprint density at radius 2 is 1.65 bits per heavy atom. The molecule has 122 valence electrons. The molecule has 0 bridgehead atoms. The minimum Gasteiger partial charge on any atom is -0.481 e. The van der Waals surface area contributed by atoms with Crippen LogP contribution in [0.1, 0.15) is 11.1 Å². The maximum absolute atomic E-state index is 13.5. The standard InChI is InChI=1S/C16H13Cl3FNO2/c1-8-13(17)9(2)15(19)16(14(8)18)23-7-12(22)21-11-6-4-3-5-10(11)20/h3-6H,7H2,1-2H3,(H,21,22). The van der Waals surface area contributed by atoms with Crippen molar-refractivity contribution in [1.82, 2.24) is 0 Å². The third kappa shape index (κ3) is 3.89. The lowest BCUT2D eigenvalue weighted by Crippen LogP contribution is -2.21. The first kappa shape index (κ1) is 17.9. The molecule has 0 radical (unpaired) electrons. The molecule has 1 amide bonds. The van der Waals surface area contributed by atoms with Gasteiger partial charge in [0.2, 0.25) is 0 Å². The largest absolute Gasteiger partial charge is 0.481 e. The predicted molar refractivity (Wildman–Crippen MR) is 91.5 cm³/mol. The number of anilines is 1. The van der Waals surface area contributed by atoms with Crippen LogP contribution >= 0.6 is 34.8 Å². The van der Waals surface area contributed by atoms with Crippen LogP contribution in [0.3, 0.4) is 0 Å². The van der Waals surface area contributed by atoms with Crippen LogP contribution in [0.5, 0.6) is 5.75 Å². The topological polar surface area (TPSA) is 38.3 Å². The van der Waals surface area contributed by atoms with Gasteiger partial charge in [-0.1, -0.05) is 46.9 Å². The average Bonchev–Trinajstić information content (AvgIpc) is 2.53. The number of carbonyl (C=O) groups is 1. The Balaban J connectivity index is 2.13. The molecule has 2 aromatic rings. The molecule has 1 N–H and O–H groups in total. The Labute approximate surface area is 148 Å². The van der Waals surface area contributed by atoms with Crippen molar-refractivity contribution in [3.8, 4) is 5.75 Å². The Morgan fingerprint density at radius 3 is 2.22 bits per heavy atom. The molecule has 2 rings (SSSR count). The summed E-state index contributed by atoms with van der Waals surface area (Å²) < 4.78 is 18.9. The molecule has 0 saturated heterocycles. The third-order valence-corrected chi connectivity index (χ3v) is 4.69. The first-order valence-electron chi connectivity index (χ1n) is 6.63. The van der Waals surface area contributed by atoms with Gasteiger partial charge >= 0.3 is 0 Å². The summed E-state index contributed by atoms with van der Waals surface area (Å²) in [5.41, 5.74) is 1.29. The quantitative estimate of drug-likeness (QED) is 0.773. The van der Waals surface area contributed by atoms with Gasteiger partial charge in [0.1, 0.15) is 5.82 Å². The smallest absolute Gasteiger partial charge is 0.262 e. The van der Waals surface area contributed by atoms with E-state index in [4.69, 9.17) is 39.5 Å². The number of halogens is 4. The second-order valence-corrected chi connectivity index (χ2v) is 5.97. The Bertz CT molecular complexity index is 736. The van der Waals surface area contributed by atoms with Gasteiger partial charge in [-0.25, -0.2) is 4.39 Å². The van der Waals surface area contributed by atoms with Crippen molar-refractivity contribution >= 4 is 46.4 Å². The summed E-state index contributed by atoms with van der Waals surface area (Å²) in [6.45, 7) is 3.08. The summed E-state index contributed by atoms with van der Waals surface area (Å²) in [6.07, 6.45) is 0. The summed E-state index contributed by atoms with van der Waals surface area (Å²) in [5, 5.41) is 3.34. The van der Waals surface area contributed by atoms with Gasteiger partial charge in [-0.15, -0.1) is 0 Å². The molecule has 0 aliphatic rings. The zero-order valence-corrected chi connectivity index (χ0v) is 14.6. The number of hydrogen-bond donors (Lipinski definition) is 1. The molecule has 0 saturated carbocycles. The fourth-order valence-corrected chi connectivity index (χ4v) is 2.75. The maximum Gasteiger partial charge on any atom is 0.262 e. The van der Waals surface area contributed by atoms with Gasteiger partial charge in [0.05, 0.1) is 15.7 Å². The molecular formula is C16H13Cl3FNO2. The van der Waals surface area contributed by atoms with E-state index < -0.39 is 11.7 Å². The van der Waals surface area contributed by atoms with Crippen molar-refractivity contribution in [2.45, 2.75) is 13.8 Å². The van der Waals surface area contributed by atoms with Crippen molar-refractivity contribution in [2.75, 3.05) is 11.9 Å². The van der Waals surface area contributed by atoms with Crippen LogP contribution in [0.15, 0.2) is 24.3 Å². The molecule has 3 nitrogen and oxygen atoms in total. The van der Waals surface area contributed by atoms with Gasteiger partial charge in [0.15, 0.2) is 12.4 Å². The van der Waals surface area contributed by atoms with Crippen molar-refractivity contribution < 1.29 is 13.9 Å². The molecule has 0 aliphatic heterocycles. The van der Waals surface area contributed by atoms with Crippen LogP contribution in [0.25, 0.3) is 0 Å². The monoisotopic (exact) mass is 375 g/mol. The van der Waals surface area contributed by atoms with Gasteiger partial charge in [-0.05, 0) is 37.1 Å². The van der Waals surface area contributed by atoms with E-state index in [0.717, 1.165) is 0 Å². The van der Waals surface area contributed by atoms with Crippen molar-refractivity contribution in [2.24, 2.45) is 0 Å². The Kier molecular flexibility index (Phi) is 5.74. The number of amides is 1. The minimum atomic E-state index is -0.535. The number of hydrogen-bond acceptors (Lipinski definition) is 2. The fraction of sp³-hybridized carbons (Fsp3) is 0.188. The van der Waals surface area contributed by atoms with E-state index in [2.05, 4.69) is 5.32 Å². The summed E-state index contributed by atoms with van der Waals surface area (Å²) in [4.78, 5) is 11.9. The maximum atomic E-state index is 13.5. The molecule has 2 aromatic carbocycles. The second kappa shape index (κ2) is 7.39. The molecular weight excluding hydrogens is 364 g/mol. The van der Waals surface area contributed by atoms with Gasteiger partial charge in [-0.2, -0.15) is 0 Å². The minimum absolute atomic E-state index is 0.0711. The lowest BCUT2D eigenvalue weighted by molar-refractivity contribution is -0.118. The molecule has 0 heterocycles. The first-order chi connectivity index (χ1) is 10.8. The molecule has 7 heteroatoms. The highest BCUT2D eigenvalue weighted by atomic mass is 35.5. The highest BCUT2D eigenvalue weighted by Gasteiger charge is 2.18. The Hall–Kier alpha value is -1.49. The lowest BCUT2D eigenvalue weighted by Gasteiger charge is -2.15. The molecule has 0 aromatic heterocycles. The summed E-state index contributed by atoms with van der Waals surface area (Å²) in [5.74, 6) is -0.890. The molecule has 0 aliphatic carbocycles. The van der Waals surface area contributed by atoms with Gasteiger partial charge in [-0.3, -0.25) is 4.79 Å². The highest BCUT2D eigenvalue weighted by molar-refractivity contribution is 6.42. The van der Waals surface area contributed by atoms with Crippen LogP contribution in [0, 0.1) is 19.7 Å². The van der Waals surface area contributed by atoms with E-state index >= 15 is 0 Å². The number of para-hydroxylation sites is 1. The zero-order valence-electron chi connectivity index (χ0n) is 12.3. The third-order valence-electron chi connectivity index (χ3n) is 3.21. The van der Waals surface area contributed by atoms with E-state index in [1.54, 1.807) is 19.9 Å². The van der Waals surface area contributed by atoms with Gasteiger partial charge < -0.3 is 10.1 Å². The van der Waals surface area contributed by atoms with E-state index in [-0.39, 0.29) is 28.1 Å². The average molecular weight is 377 g/mol. The van der Waals surface area contributed by atoms with Crippen molar-refractivity contribution in [1.29, 1.82) is 0 Å². The first-order valence-corrected chi connectivity index (χ1v) is 7.77. The molecule has 0 fully saturated rings. The molecule has 23 heavy (non-hydrogen) atoms. The van der Waals surface area contributed by atoms with E-state index in [1.165, 1.54) is 18.2 Å². The van der Waals surface area contributed by atoms with Crippen LogP contribution in [0.4, 0.5) is 10.1 Å². The predicted octanol–water partition coefficient (Wildman–Crippen LogP) is 5.42. The zero-order chi connectivity index (χ0) is 17.1. The van der Waals surface area contributed by atoms with E-state index in [1.807, 2.05) is 0 Å². The molecule has 0 unspecified atom stereocenters. The SMILES string of the molecule is Cc1c(Cl)c(C)c(Cl)c(OCC(=O)Nc2ccccc2F)c1Cl. The van der Waals surface area contributed by atoms with Gasteiger partial charge in [0, 0.05) is 5.02 Å². The van der Waals surface area contributed by atoms with Crippen molar-refractivity contribution in [3.05, 3.63) is 56.3 Å². The molecule has 0 spiro atoms. The van der Waals surface area contributed by atoms with Crippen LogP contribution in [0.2, 0.25) is 15.1 Å². The van der Waals surface area contributed by atoms with Crippen LogP contribution in [-0.4, -0.2) is 12.5 Å². The number of nitrogens with one attached hydrogen (secondary N) is 1. The van der Waals surface area contributed by atoms with Crippen LogP contribution < -0.4 is 10.1 Å². The van der Waals surface area contributed by atoms with Crippen LogP contribution in [-0.2, 0) is 4.79 Å². The number of benzene rings is 2. The summed E-state index contributed by atoms with van der Waals surface area (Å²) in [7, 11) is 0. The normalized spacial score (nSPS) is 10.5. The van der Waals surface area contributed by atoms with E-state index in [0.29, 0.717) is 16.1 Å². The fourth-order valence-electron chi connectivity index (χ4n) is 1.92. The Morgan fingerprint density at radius 1 is 1.09 bits per heavy atom. The van der Waals surface area contributed by atoms with Gasteiger partial charge in [0.25, 0.3) is 5.91 Å². The number of ether oxygens (including phenoxy) is 1. The lowest BCUT2D eigenvalue weighted by atomic mass is 10.1. The highest BCUT2D eigenvalue weighted by Crippen LogP contribution is 2.42. The number of carbonyl (C=O) groups excluding carboxylic acids is 1. The summed E-state index contributed by atoms with van der Waals surface area (Å²) >= 11 is 18.4. The number of rotatable bonds is 4. The summed E-state index contributed by atoms with van der Waals surface area (Å²) in [6, 6.07) is 5.83. The van der Waals surface area contributed by atoms with Crippen molar-refractivity contribution in [3.63, 3.8) is 0 Å². The van der Waals surface area contributed by atoms with E-state index in [9.17, 15) is 9.18 Å². The molecule has 0 atom stereocenters.